The number of aromatic hydroxyl groups is 2. The van der Waals surface area contributed by atoms with Crippen molar-refractivity contribution in [2.24, 2.45) is 10.2 Å². The fourth-order valence-corrected chi connectivity index (χ4v) is 2.30. The van der Waals surface area contributed by atoms with Gasteiger partial charge in [0.15, 0.2) is 0 Å². The Kier molecular flexibility index (Phi) is 4.37. The summed E-state index contributed by atoms with van der Waals surface area (Å²) in [6, 6.07) is 5.86. The van der Waals surface area contributed by atoms with Gasteiger partial charge in [0.05, 0.1) is 6.07 Å². The van der Waals surface area contributed by atoms with Crippen LogP contribution in [0.4, 0.5) is 0 Å². The van der Waals surface area contributed by atoms with Crippen molar-refractivity contribution in [2.45, 2.75) is 32.7 Å². The normalized spacial score (nSPS) is 11.8. The molecular formula is C16H16N4O4. The zero-order valence-corrected chi connectivity index (χ0v) is 13.4. The molecular weight excluding hydrogens is 312 g/mol. The second-order valence-electron chi connectivity index (χ2n) is 6.15. The van der Waals surface area contributed by atoms with Gasteiger partial charge in [-0.3, -0.25) is 14.2 Å². The molecule has 0 aliphatic rings. The Balaban J connectivity index is 2.46. The molecule has 0 bridgehead atoms. The van der Waals surface area contributed by atoms with E-state index < -0.39 is 23.8 Å². The molecule has 2 amide bonds. The van der Waals surface area contributed by atoms with Crippen molar-refractivity contribution in [2.75, 3.05) is 0 Å². The van der Waals surface area contributed by atoms with E-state index in [0.29, 0.717) is 5.39 Å². The fraction of sp³-hybridized carbons (Fsp3) is 0.312. The number of nitrogens with zero attached hydrogens (tertiary/aromatic N) is 4. The van der Waals surface area contributed by atoms with Crippen molar-refractivity contribution in [3.63, 3.8) is 0 Å². The predicted molar refractivity (Wildman–Crippen MR) is 84.7 cm³/mol. The topological polar surface area (TPSA) is 128 Å². The van der Waals surface area contributed by atoms with E-state index in [-0.39, 0.29) is 22.7 Å². The number of nitriles is 1. The first-order chi connectivity index (χ1) is 11.2. The van der Waals surface area contributed by atoms with Crippen LogP contribution in [0.2, 0.25) is 0 Å². The number of azo groups is 1. The smallest absolute Gasteiger partial charge is 0.295 e. The quantitative estimate of drug-likeness (QED) is 0.819. The highest BCUT2D eigenvalue weighted by atomic mass is 16.3. The largest absolute Gasteiger partial charge is 0.494 e. The van der Waals surface area contributed by atoms with Crippen LogP contribution in [0.15, 0.2) is 28.4 Å². The maximum Gasteiger partial charge on any atom is 0.295 e. The highest BCUT2D eigenvalue weighted by Crippen LogP contribution is 2.40. The van der Waals surface area contributed by atoms with Crippen molar-refractivity contribution in [1.29, 1.82) is 5.26 Å². The zero-order valence-electron chi connectivity index (χ0n) is 13.4. The van der Waals surface area contributed by atoms with Gasteiger partial charge < -0.3 is 10.2 Å². The van der Waals surface area contributed by atoms with E-state index in [2.05, 4.69) is 10.2 Å². The minimum absolute atomic E-state index is 0.0948. The summed E-state index contributed by atoms with van der Waals surface area (Å²) in [7, 11) is 0. The molecule has 8 nitrogen and oxygen atoms in total. The number of carbonyl (C=O) groups is 2. The van der Waals surface area contributed by atoms with Crippen molar-refractivity contribution in [1.82, 2.24) is 4.57 Å². The van der Waals surface area contributed by atoms with Gasteiger partial charge in [0.2, 0.25) is 11.8 Å². The summed E-state index contributed by atoms with van der Waals surface area (Å²) in [5.41, 5.74) is -0.474. The van der Waals surface area contributed by atoms with Crippen molar-refractivity contribution < 1.29 is 19.8 Å². The third-order valence-electron chi connectivity index (χ3n) is 3.33. The number of aromatic nitrogens is 1. The average molecular weight is 328 g/mol. The predicted octanol–water partition coefficient (Wildman–Crippen LogP) is 2.84. The van der Waals surface area contributed by atoms with E-state index in [4.69, 9.17) is 5.26 Å². The van der Waals surface area contributed by atoms with Gasteiger partial charge >= 0.3 is 0 Å². The maximum absolute atomic E-state index is 12.0. The van der Waals surface area contributed by atoms with Crippen LogP contribution < -0.4 is 0 Å². The monoisotopic (exact) mass is 328 g/mol. The summed E-state index contributed by atoms with van der Waals surface area (Å²) in [5.74, 6) is -1.89. The number of carbonyl (C=O) groups excluding carboxylic acids is 2. The molecule has 0 aliphatic carbocycles. The number of fused-ring (bicyclic) bond motifs is 1. The van der Waals surface area contributed by atoms with E-state index in [9.17, 15) is 19.8 Å². The first-order valence-electron chi connectivity index (χ1n) is 7.09. The molecule has 2 rings (SSSR count). The van der Waals surface area contributed by atoms with Crippen LogP contribution in [0.25, 0.3) is 10.8 Å². The highest BCUT2D eigenvalue weighted by molar-refractivity contribution is 6.02. The second-order valence-corrected chi connectivity index (χ2v) is 6.15. The summed E-state index contributed by atoms with van der Waals surface area (Å²) >= 11 is 0. The molecule has 2 N–H and O–H groups in total. The summed E-state index contributed by atoms with van der Waals surface area (Å²) in [5, 5.41) is 36.1. The molecule has 0 atom stereocenters. The van der Waals surface area contributed by atoms with Crippen LogP contribution in [0.5, 0.6) is 11.8 Å². The average Bonchev–Trinajstić information content (AvgIpc) is 2.76. The van der Waals surface area contributed by atoms with Gasteiger partial charge in [0, 0.05) is 21.9 Å². The molecule has 8 heteroatoms. The van der Waals surface area contributed by atoms with Gasteiger partial charge in [-0.15, -0.1) is 10.2 Å². The Hall–Kier alpha value is -3.21. The number of hydrogen-bond acceptors (Lipinski definition) is 5. The van der Waals surface area contributed by atoms with Crippen LogP contribution in [0.1, 0.15) is 37.6 Å². The lowest BCUT2D eigenvalue weighted by molar-refractivity contribution is -0.117. The van der Waals surface area contributed by atoms with Gasteiger partial charge in [-0.25, -0.2) is 0 Å². The molecule has 0 radical (unpaired) electrons. The van der Waals surface area contributed by atoms with Gasteiger partial charge in [0.25, 0.3) is 11.8 Å². The molecule has 0 saturated heterocycles. The Morgan fingerprint density at radius 3 is 2.38 bits per heavy atom. The van der Waals surface area contributed by atoms with E-state index in [0.717, 1.165) is 0 Å². The van der Waals surface area contributed by atoms with Crippen molar-refractivity contribution in [3.8, 4) is 17.8 Å². The first kappa shape index (κ1) is 17.1. The Bertz CT molecular complexity index is 897. The van der Waals surface area contributed by atoms with E-state index >= 15 is 0 Å². The first-order valence-corrected chi connectivity index (χ1v) is 7.09. The standard InChI is InChI=1S/C16H16N4O4/c1-16(2,3)20-14(23)10-5-4-9(8-11(10)15(20)24)13(22)19-18-12(21)6-7-17/h4-5,8,23-24H,6H2,1-3H3. The van der Waals surface area contributed by atoms with Crippen LogP contribution in [-0.2, 0) is 10.3 Å². The number of rotatable bonds is 2. The van der Waals surface area contributed by atoms with Crippen molar-refractivity contribution in [3.05, 3.63) is 23.8 Å². The zero-order chi connectivity index (χ0) is 18.1. The third-order valence-corrected chi connectivity index (χ3v) is 3.33. The fourth-order valence-electron chi connectivity index (χ4n) is 2.30. The molecule has 24 heavy (non-hydrogen) atoms. The molecule has 0 fully saturated rings. The molecule has 0 unspecified atom stereocenters. The van der Waals surface area contributed by atoms with Crippen molar-refractivity contribution >= 4 is 22.6 Å². The van der Waals surface area contributed by atoms with Gasteiger partial charge in [-0.2, -0.15) is 5.26 Å². The lowest BCUT2D eigenvalue weighted by Crippen LogP contribution is -2.20. The molecule has 0 spiro atoms. The molecule has 1 aromatic heterocycles. The number of amides is 2. The molecule has 124 valence electrons. The Morgan fingerprint density at radius 2 is 1.79 bits per heavy atom. The molecule has 1 aromatic carbocycles. The van der Waals surface area contributed by atoms with Crippen LogP contribution >= 0.6 is 0 Å². The molecule has 0 saturated carbocycles. The maximum atomic E-state index is 12.0. The number of hydrogen-bond donors (Lipinski definition) is 2. The molecule has 0 aliphatic heterocycles. The summed E-state index contributed by atoms with van der Waals surface area (Å²) in [6.45, 7) is 5.44. The highest BCUT2D eigenvalue weighted by Gasteiger charge is 2.25. The lowest BCUT2D eigenvalue weighted by Gasteiger charge is -2.22. The van der Waals surface area contributed by atoms with Crippen LogP contribution in [-0.4, -0.2) is 26.6 Å². The van der Waals surface area contributed by atoms with Gasteiger partial charge in [-0.1, -0.05) is 0 Å². The van der Waals surface area contributed by atoms with Crippen LogP contribution in [0, 0.1) is 11.3 Å². The Morgan fingerprint density at radius 1 is 1.17 bits per heavy atom. The molecule has 1 heterocycles. The van der Waals surface area contributed by atoms with E-state index in [1.54, 1.807) is 6.07 Å². The summed E-state index contributed by atoms with van der Waals surface area (Å²) in [6.07, 6.45) is -0.459. The minimum atomic E-state index is -0.814. The van der Waals surface area contributed by atoms with Crippen LogP contribution in [0.3, 0.4) is 0 Å². The Labute approximate surface area is 137 Å². The summed E-state index contributed by atoms with van der Waals surface area (Å²) in [4.78, 5) is 23.0. The SMILES string of the molecule is CC(C)(C)n1c(O)c2ccc(C(=O)N=NC(=O)CC#N)cc2c1O. The van der Waals surface area contributed by atoms with Gasteiger partial charge in [0.1, 0.15) is 6.42 Å². The number of benzene rings is 1. The summed E-state index contributed by atoms with van der Waals surface area (Å²) < 4.78 is 1.35. The lowest BCUT2D eigenvalue weighted by atomic mass is 10.1. The van der Waals surface area contributed by atoms with E-state index in [1.807, 2.05) is 20.8 Å². The molecule has 2 aromatic rings. The van der Waals surface area contributed by atoms with Gasteiger partial charge in [-0.05, 0) is 39.0 Å². The third kappa shape index (κ3) is 3.10. The van der Waals surface area contributed by atoms with E-state index in [1.165, 1.54) is 22.8 Å². The minimum Gasteiger partial charge on any atom is -0.494 e. The second kappa shape index (κ2) is 6.12.